The van der Waals surface area contributed by atoms with Gasteiger partial charge >= 0.3 is 0 Å². The Hall–Kier alpha value is -2.62. The minimum absolute atomic E-state index is 0.0732. The highest BCUT2D eigenvalue weighted by molar-refractivity contribution is 5.61. The molecule has 0 bridgehead atoms. The SMILES string of the molecule is CC=Cc1cc(OC)c2c(c1)C(C)C(Oc1ccccc1OC)O2. The van der Waals surface area contributed by atoms with Crippen LogP contribution in [-0.2, 0) is 0 Å². The monoisotopic (exact) mass is 326 g/mol. The first-order valence-corrected chi connectivity index (χ1v) is 7.99. The Morgan fingerprint density at radius 3 is 2.38 bits per heavy atom. The van der Waals surface area contributed by atoms with Crippen molar-refractivity contribution in [3.05, 3.63) is 53.6 Å². The molecule has 0 aromatic heterocycles. The van der Waals surface area contributed by atoms with E-state index in [-0.39, 0.29) is 5.92 Å². The smallest absolute Gasteiger partial charge is 0.248 e. The van der Waals surface area contributed by atoms with Crippen molar-refractivity contribution in [1.29, 1.82) is 0 Å². The zero-order chi connectivity index (χ0) is 17.1. The predicted molar refractivity (Wildman–Crippen MR) is 94.2 cm³/mol. The van der Waals surface area contributed by atoms with E-state index in [0.717, 1.165) is 22.6 Å². The van der Waals surface area contributed by atoms with Crippen LogP contribution in [0.5, 0.6) is 23.0 Å². The summed E-state index contributed by atoms with van der Waals surface area (Å²) in [5.74, 6) is 2.89. The van der Waals surface area contributed by atoms with Crippen molar-refractivity contribution in [2.45, 2.75) is 26.1 Å². The predicted octanol–water partition coefficient (Wildman–Crippen LogP) is 4.64. The topological polar surface area (TPSA) is 36.9 Å². The van der Waals surface area contributed by atoms with E-state index in [4.69, 9.17) is 18.9 Å². The van der Waals surface area contributed by atoms with Gasteiger partial charge in [0.05, 0.1) is 20.1 Å². The van der Waals surface area contributed by atoms with Crippen molar-refractivity contribution in [1.82, 2.24) is 0 Å². The van der Waals surface area contributed by atoms with E-state index in [1.54, 1.807) is 14.2 Å². The van der Waals surface area contributed by atoms with E-state index in [9.17, 15) is 0 Å². The normalized spacial score (nSPS) is 19.0. The average molecular weight is 326 g/mol. The first kappa shape index (κ1) is 16.2. The lowest BCUT2D eigenvalue weighted by atomic mass is 9.99. The molecule has 0 aliphatic carbocycles. The first-order valence-electron chi connectivity index (χ1n) is 7.99. The Labute approximate surface area is 142 Å². The minimum atomic E-state index is -0.425. The molecule has 3 rings (SSSR count). The summed E-state index contributed by atoms with van der Waals surface area (Å²) in [7, 11) is 3.28. The second-order valence-electron chi connectivity index (χ2n) is 5.69. The second-order valence-corrected chi connectivity index (χ2v) is 5.69. The van der Waals surface area contributed by atoms with Crippen LogP contribution in [0.15, 0.2) is 42.5 Å². The lowest BCUT2D eigenvalue weighted by molar-refractivity contribution is 0.00555. The summed E-state index contributed by atoms with van der Waals surface area (Å²) in [4.78, 5) is 0. The summed E-state index contributed by atoms with van der Waals surface area (Å²) >= 11 is 0. The molecule has 2 aromatic rings. The molecular formula is C20H22O4. The summed E-state index contributed by atoms with van der Waals surface area (Å²) in [5.41, 5.74) is 2.17. The molecule has 1 aliphatic heterocycles. The van der Waals surface area contributed by atoms with Gasteiger partial charge in [-0.2, -0.15) is 0 Å². The molecule has 0 saturated heterocycles. The van der Waals surface area contributed by atoms with Crippen LogP contribution in [0.25, 0.3) is 6.08 Å². The van der Waals surface area contributed by atoms with Crippen LogP contribution >= 0.6 is 0 Å². The molecular weight excluding hydrogens is 304 g/mol. The van der Waals surface area contributed by atoms with Crippen molar-refractivity contribution < 1.29 is 18.9 Å². The Bertz CT molecular complexity index is 751. The van der Waals surface area contributed by atoms with Gasteiger partial charge in [0.1, 0.15) is 0 Å². The van der Waals surface area contributed by atoms with Crippen molar-refractivity contribution in [3.63, 3.8) is 0 Å². The number of hydrogen-bond acceptors (Lipinski definition) is 4. The summed E-state index contributed by atoms with van der Waals surface area (Å²) in [5, 5.41) is 0. The number of allylic oxidation sites excluding steroid dienone is 1. The fourth-order valence-electron chi connectivity index (χ4n) is 2.88. The number of ether oxygens (including phenoxy) is 4. The van der Waals surface area contributed by atoms with Crippen molar-refractivity contribution in [3.8, 4) is 23.0 Å². The quantitative estimate of drug-likeness (QED) is 0.802. The molecule has 4 nitrogen and oxygen atoms in total. The van der Waals surface area contributed by atoms with E-state index in [1.165, 1.54) is 0 Å². The van der Waals surface area contributed by atoms with Gasteiger partial charge in [-0.1, -0.05) is 31.2 Å². The standard InChI is InChI=1S/C20H22O4/c1-5-8-14-11-15-13(2)20(24-19(15)18(12-14)22-4)23-17-10-7-6-9-16(17)21-3/h5-13,20H,1-4H3. The molecule has 126 valence electrons. The fourth-order valence-corrected chi connectivity index (χ4v) is 2.88. The maximum atomic E-state index is 6.07. The van der Waals surface area contributed by atoms with Gasteiger partial charge in [0.25, 0.3) is 0 Å². The molecule has 0 radical (unpaired) electrons. The Balaban J connectivity index is 1.91. The van der Waals surface area contributed by atoms with Crippen molar-refractivity contribution in [2.24, 2.45) is 0 Å². The van der Waals surface area contributed by atoms with Crippen molar-refractivity contribution in [2.75, 3.05) is 14.2 Å². The van der Waals surface area contributed by atoms with Gasteiger partial charge in [0.15, 0.2) is 23.0 Å². The highest BCUT2D eigenvalue weighted by Gasteiger charge is 2.35. The highest BCUT2D eigenvalue weighted by atomic mass is 16.7. The molecule has 0 fully saturated rings. The Morgan fingerprint density at radius 2 is 1.71 bits per heavy atom. The maximum absolute atomic E-state index is 6.07. The number of para-hydroxylation sites is 2. The largest absolute Gasteiger partial charge is 0.493 e. The molecule has 4 heteroatoms. The van der Waals surface area contributed by atoms with Gasteiger partial charge in [-0.15, -0.1) is 0 Å². The molecule has 0 N–H and O–H groups in total. The molecule has 2 atom stereocenters. The second kappa shape index (κ2) is 6.87. The number of benzene rings is 2. The molecule has 1 heterocycles. The van der Waals surface area contributed by atoms with Crippen LogP contribution in [-0.4, -0.2) is 20.5 Å². The molecule has 0 saturated carbocycles. The van der Waals surface area contributed by atoms with Crippen LogP contribution < -0.4 is 18.9 Å². The Morgan fingerprint density at radius 1 is 1.00 bits per heavy atom. The van der Waals surface area contributed by atoms with Gasteiger partial charge in [0.2, 0.25) is 6.29 Å². The van der Waals surface area contributed by atoms with E-state index >= 15 is 0 Å². The summed E-state index contributed by atoms with van der Waals surface area (Å²) in [6.45, 7) is 4.08. The number of rotatable bonds is 5. The summed E-state index contributed by atoms with van der Waals surface area (Å²) in [6, 6.07) is 11.7. The third-order valence-corrected chi connectivity index (χ3v) is 4.13. The zero-order valence-electron chi connectivity index (χ0n) is 14.4. The molecule has 0 amide bonds. The summed E-state index contributed by atoms with van der Waals surface area (Å²) < 4.78 is 23.0. The van der Waals surface area contributed by atoms with Gasteiger partial charge < -0.3 is 18.9 Å². The van der Waals surface area contributed by atoms with E-state index in [2.05, 4.69) is 13.0 Å². The summed E-state index contributed by atoms with van der Waals surface area (Å²) in [6.07, 6.45) is 3.63. The van der Waals surface area contributed by atoms with Crippen LogP contribution in [0.2, 0.25) is 0 Å². The van der Waals surface area contributed by atoms with Crippen LogP contribution in [0.1, 0.15) is 30.9 Å². The third-order valence-electron chi connectivity index (χ3n) is 4.13. The third kappa shape index (κ3) is 2.92. The van der Waals surface area contributed by atoms with Gasteiger partial charge in [0, 0.05) is 5.56 Å². The fraction of sp³-hybridized carbons (Fsp3) is 0.300. The zero-order valence-corrected chi connectivity index (χ0v) is 14.4. The van der Waals surface area contributed by atoms with Gasteiger partial charge in [-0.05, 0) is 36.8 Å². The highest BCUT2D eigenvalue weighted by Crippen LogP contribution is 2.46. The maximum Gasteiger partial charge on any atom is 0.248 e. The van der Waals surface area contributed by atoms with Crippen LogP contribution in [0, 0.1) is 0 Å². The van der Waals surface area contributed by atoms with Crippen molar-refractivity contribution >= 4 is 6.08 Å². The number of methoxy groups -OCH3 is 2. The van der Waals surface area contributed by atoms with E-state index < -0.39 is 6.29 Å². The first-order chi connectivity index (χ1) is 11.7. The number of hydrogen-bond donors (Lipinski definition) is 0. The molecule has 1 aliphatic rings. The molecule has 2 unspecified atom stereocenters. The molecule has 24 heavy (non-hydrogen) atoms. The molecule has 0 spiro atoms. The Kier molecular flexibility index (Phi) is 4.65. The van der Waals surface area contributed by atoms with E-state index in [1.807, 2.05) is 49.4 Å². The molecule has 2 aromatic carbocycles. The van der Waals surface area contributed by atoms with Gasteiger partial charge in [-0.3, -0.25) is 0 Å². The van der Waals surface area contributed by atoms with Crippen LogP contribution in [0.4, 0.5) is 0 Å². The van der Waals surface area contributed by atoms with E-state index in [0.29, 0.717) is 11.5 Å². The number of fused-ring (bicyclic) bond motifs is 1. The average Bonchev–Trinajstić information content (AvgIpc) is 2.91. The van der Waals surface area contributed by atoms with Crippen LogP contribution in [0.3, 0.4) is 0 Å². The lowest BCUT2D eigenvalue weighted by Gasteiger charge is -2.19. The lowest BCUT2D eigenvalue weighted by Crippen LogP contribution is -2.24. The minimum Gasteiger partial charge on any atom is -0.493 e. The van der Waals surface area contributed by atoms with Gasteiger partial charge in [-0.25, -0.2) is 0 Å².